The van der Waals surface area contributed by atoms with Crippen molar-refractivity contribution in [2.24, 2.45) is 11.1 Å². The van der Waals surface area contributed by atoms with Crippen molar-refractivity contribution in [1.82, 2.24) is 5.32 Å². The predicted octanol–water partition coefficient (Wildman–Crippen LogP) is 2.39. The third-order valence-corrected chi connectivity index (χ3v) is 4.33. The zero-order valence-corrected chi connectivity index (χ0v) is 13.9. The smallest absolute Gasteiger partial charge is 0.227 e. The van der Waals surface area contributed by atoms with Crippen LogP contribution >= 0.6 is 0 Å². The largest absolute Gasteiger partial charge is 0.375 e. The Kier molecular flexibility index (Phi) is 5.78. The lowest BCUT2D eigenvalue weighted by Crippen LogP contribution is -2.55. The molecule has 3 N–H and O–H groups in total. The average Bonchev–Trinajstić information content (AvgIpc) is 2.42. The maximum atomic E-state index is 12.2. The fraction of sp³-hybridized carbons (Fsp3) is 0.588. The molecule has 0 aliphatic heterocycles. The number of benzene rings is 1. The van der Waals surface area contributed by atoms with Gasteiger partial charge in [0.25, 0.3) is 0 Å². The van der Waals surface area contributed by atoms with Crippen molar-refractivity contribution in [2.45, 2.75) is 39.7 Å². The third kappa shape index (κ3) is 4.74. The molecule has 0 aliphatic carbocycles. The summed E-state index contributed by atoms with van der Waals surface area (Å²) in [5.41, 5.74) is 6.13. The van der Waals surface area contributed by atoms with Gasteiger partial charge < -0.3 is 16.0 Å². The molecule has 0 fully saturated rings. The van der Waals surface area contributed by atoms with Crippen molar-refractivity contribution in [3.8, 4) is 0 Å². The zero-order chi connectivity index (χ0) is 16.1. The van der Waals surface area contributed by atoms with Gasteiger partial charge in [-0.15, -0.1) is 0 Å². The summed E-state index contributed by atoms with van der Waals surface area (Å²) in [6.45, 7) is 9.11. The van der Waals surface area contributed by atoms with Crippen LogP contribution < -0.4 is 16.0 Å². The molecule has 4 heteroatoms. The van der Waals surface area contributed by atoms with Crippen LogP contribution in [0.1, 0.15) is 34.1 Å². The Morgan fingerprint density at radius 3 is 2.29 bits per heavy atom. The van der Waals surface area contributed by atoms with E-state index in [2.05, 4.69) is 29.4 Å². The molecule has 0 saturated heterocycles. The molecule has 1 aromatic rings. The Bertz CT molecular complexity index is 449. The van der Waals surface area contributed by atoms with Gasteiger partial charge in [0, 0.05) is 31.4 Å². The lowest BCUT2D eigenvalue weighted by molar-refractivity contribution is -0.132. The fourth-order valence-electron chi connectivity index (χ4n) is 1.84. The van der Waals surface area contributed by atoms with E-state index in [1.807, 2.05) is 45.9 Å². The van der Waals surface area contributed by atoms with Crippen LogP contribution in [0, 0.1) is 5.41 Å². The van der Waals surface area contributed by atoms with Crippen LogP contribution in [0.2, 0.25) is 0 Å². The molecule has 0 unspecified atom stereocenters. The minimum atomic E-state index is -0.585. The summed E-state index contributed by atoms with van der Waals surface area (Å²) in [7, 11) is 2.06. The summed E-state index contributed by atoms with van der Waals surface area (Å²) in [4.78, 5) is 14.4. The summed E-state index contributed by atoms with van der Waals surface area (Å²) >= 11 is 0. The van der Waals surface area contributed by atoms with Crippen LogP contribution in [0.4, 0.5) is 5.69 Å². The van der Waals surface area contributed by atoms with Crippen LogP contribution in [-0.4, -0.2) is 31.6 Å². The molecule has 0 atom stereocenters. The van der Waals surface area contributed by atoms with E-state index in [1.54, 1.807) is 0 Å². The normalized spacial score (nSPS) is 12.1. The standard InChI is InChI=1S/C17H29N3O/c1-16(2,17(3,4)18)15(21)19-12-9-13-20(5)14-10-7-6-8-11-14/h6-8,10-11H,9,12-13,18H2,1-5H3,(H,19,21). The Morgan fingerprint density at radius 2 is 1.76 bits per heavy atom. The molecule has 0 saturated carbocycles. The minimum Gasteiger partial charge on any atom is -0.375 e. The zero-order valence-electron chi connectivity index (χ0n) is 13.9. The summed E-state index contributed by atoms with van der Waals surface area (Å²) in [6, 6.07) is 10.2. The number of carbonyl (C=O) groups excluding carboxylic acids is 1. The van der Waals surface area contributed by atoms with Gasteiger partial charge >= 0.3 is 0 Å². The monoisotopic (exact) mass is 291 g/mol. The number of anilines is 1. The number of nitrogens with one attached hydrogen (secondary N) is 1. The summed E-state index contributed by atoms with van der Waals surface area (Å²) in [6.07, 6.45) is 0.901. The molecule has 118 valence electrons. The maximum Gasteiger partial charge on any atom is 0.227 e. The lowest BCUT2D eigenvalue weighted by atomic mass is 9.74. The maximum absolute atomic E-state index is 12.2. The van der Waals surface area contributed by atoms with E-state index in [4.69, 9.17) is 5.73 Å². The molecular formula is C17H29N3O. The number of hydrogen-bond acceptors (Lipinski definition) is 3. The van der Waals surface area contributed by atoms with Crippen LogP contribution in [0.3, 0.4) is 0 Å². The Labute approximate surface area is 128 Å². The highest BCUT2D eigenvalue weighted by Gasteiger charge is 2.40. The van der Waals surface area contributed by atoms with E-state index in [0.717, 1.165) is 13.0 Å². The van der Waals surface area contributed by atoms with Gasteiger partial charge in [-0.05, 0) is 46.2 Å². The molecule has 21 heavy (non-hydrogen) atoms. The molecule has 0 bridgehead atoms. The number of nitrogens with zero attached hydrogens (tertiary/aromatic N) is 1. The van der Waals surface area contributed by atoms with E-state index >= 15 is 0 Å². The van der Waals surface area contributed by atoms with Crippen LogP contribution in [0.25, 0.3) is 0 Å². The topological polar surface area (TPSA) is 58.4 Å². The highest BCUT2D eigenvalue weighted by molar-refractivity contribution is 5.83. The van der Waals surface area contributed by atoms with Gasteiger partial charge in [-0.1, -0.05) is 18.2 Å². The molecule has 0 aliphatic rings. The average molecular weight is 291 g/mol. The van der Waals surface area contributed by atoms with Crippen molar-refractivity contribution in [1.29, 1.82) is 0 Å². The van der Waals surface area contributed by atoms with Gasteiger partial charge in [-0.2, -0.15) is 0 Å². The van der Waals surface area contributed by atoms with Gasteiger partial charge in [-0.25, -0.2) is 0 Å². The van der Waals surface area contributed by atoms with Crippen molar-refractivity contribution in [3.05, 3.63) is 30.3 Å². The predicted molar refractivity (Wildman–Crippen MR) is 89.4 cm³/mol. The Hall–Kier alpha value is -1.55. The minimum absolute atomic E-state index is 0.0114. The Morgan fingerprint density at radius 1 is 1.19 bits per heavy atom. The van der Waals surface area contributed by atoms with Crippen molar-refractivity contribution < 1.29 is 4.79 Å². The van der Waals surface area contributed by atoms with Crippen molar-refractivity contribution in [2.75, 3.05) is 25.0 Å². The van der Waals surface area contributed by atoms with Gasteiger partial charge in [0.1, 0.15) is 0 Å². The second-order valence-electron chi connectivity index (χ2n) is 6.71. The van der Waals surface area contributed by atoms with Gasteiger partial charge in [0.2, 0.25) is 5.91 Å². The highest BCUT2D eigenvalue weighted by Crippen LogP contribution is 2.28. The summed E-state index contributed by atoms with van der Waals surface area (Å²) in [5.74, 6) is 0.0114. The second-order valence-corrected chi connectivity index (χ2v) is 6.71. The first kappa shape index (κ1) is 17.5. The number of amides is 1. The van der Waals surface area contributed by atoms with Crippen LogP contribution in [0.5, 0.6) is 0 Å². The molecule has 1 rings (SSSR count). The van der Waals surface area contributed by atoms with E-state index in [0.29, 0.717) is 6.54 Å². The van der Waals surface area contributed by atoms with Gasteiger partial charge in [0.05, 0.1) is 5.41 Å². The highest BCUT2D eigenvalue weighted by atomic mass is 16.2. The number of para-hydroxylation sites is 1. The molecule has 0 aromatic heterocycles. The molecule has 1 amide bonds. The molecule has 0 radical (unpaired) electrons. The van der Waals surface area contributed by atoms with E-state index < -0.39 is 11.0 Å². The van der Waals surface area contributed by atoms with E-state index in [1.165, 1.54) is 5.69 Å². The van der Waals surface area contributed by atoms with Gasteiger partial charge in [-0.3, -0.25) is 4.79 Å². The third-order valence-electron chi connectivity index (χ3n) is 4.33. The first-order valence-corrected chi connectivity index (χ1v) is 7.49. The van der Waals surface area contributed by atoms with E-state index in [9.17, 15) is 4.79 Å². The molecular weight excluding hydrogens is 262 g/mol. The molecule has 0 spiro atoms. The van der Waals surface area contributed by atoms with E-state index in [-0.39, 0.29) is 5.91 Å². The molecule has 4 nitrogen and oxygen atoms in total. The molecule has 1 aromatic carbocycles. The number of carbonyl (C=O) groups is 1. The SMILES string of the molecule is CN(CCCNC(=O)C(C)(C)C(C)(C)N)c1ccccc1. The first-order valence-electron chi connectivity index (χ1n) is 7.49. The fourth-order valence-corrected chi connectivity index (χ4v) is 1.84. The summed E-state index contributed by atoms with van der Waals surface area (Å²) in [5, 5.41) is 2.99. The van der Waals surface area contributed by atoms with Crippen molar-refractivity contribution in [3.63, 3.8) is 0 Å². The number of rotatable bonds is 7. The molecule has 0 heterocycles. The second kappa shape index (κ2) is 6.94. The van der Waals surface area contributed by atoms with Gasteiger partial charge in [0.15, 0.2) is 0 Å². The Balaban J connectivity index is 2.36. The first-order chi connectivity index (χ1) is 9.66. The number of nitrogens with two attached hydrogens (primary N) is 1. The van der Waals surface area contributed by atoms with Crippen molar-refractivity contribution >= 4 is 11.6 Å². The summed E-state index contributed by atoms with van der Waals surface area (Å²) < 4.78 is 0. The van der Waals surface area contributed by atoms with Crippen LogP contribution in [-0.2, 0) is 4.79 Å². The quantitative estimate of drug-likeness (QED) is 0.758. The number of hydrogen-bond donors (Lipinski definition) is 2. The lowest BCUT2D eigenvalue weighted by Gasteiger charge is -2.37. The van der Waals surface area contributed by atoms with Crippen LogP contribution in [0.15, 0.2) is 30.3 Å².